The molecule has 18 heavy (non-hydrogen) atoms. The van der Waals surface area contributed by atoms with Gasteiger partial charge in [0.1, 0.15) is 0 Å². The number of rotatable bonds is 2. The molecule has 0 radical (unpaired) electrons. The molecule has 1 saturated carbocycles. The maximum atomic E-state index is 3.76. The summed E-state index contributed by atoms with van der Waals surface area (Å²) in [7, 11) is 0. The van der Waals surface area contributed by atoms with Crippen LogP contribution in [0.4, 0.5) is 0 Å². The van der Waals surface area contributed by atoms with Gasteiger partial charge in [0.2, 0.25) is 0 Å². The number of hydrogen-bond donors (Lipinski definition) is 1. The number of hydrogen-bond acceptors (Lipinski definition) is 2. The van der Waals surface area contributed by atoms with Gasteiger partial charge in [-0.2, -0.15) is 0 Å². The first-order valence-electron chi connectivity index (χ1n) is 8.01. The van der Waals surface area contributed by atoms with Crippen molar-refractivity contribution >= 4 is 0 Å². The van der Waals surface area contributed by atoms with E-state index in [4.69, 9.17) is 0 Å². The summed E-state index contributed by atoms with van der Waals surface area (Å²) in [5.41, 5.74) is 0.334. The van der Waals surface area contributed by atoms with Crippen molar-refractivity contribution < 1.29 is 0 Å². The first kappa shape index (κ1) is 14.3. The Morgan fingerprint density at radius 2 is 1.83 bits per heavy atom. The molecule has 2 aliphatic rings. The van der Waals surface area contributed by atoms with Crippen molar-refractivity contribution in [3.05, 3.63) is 0 Å². The van der Waals surface area contributed by atoms with Crippen molar-refractivity contribution in [2.75, 3.05) is 19.6 Å². The van der Waals surface area contributed by atoms with Crippen molar-refractivity contribution in [1.82, 2.24) is 10.2 Å². The topological polar surface area (TPSA) is 15.3 Å². The molecule has 0 aromatic carbocycles. The van der Waals surface area contributed by atoms with E-state index in [1.54, 1.807) is 0 Å². The molecule has 2 nitrogen and oxygen atoms in total. The highest BCUT2D eigenvalue weighted by atomic mass is 15.2. The molecule has 1 saturated heterocycles. The molecule has 0 spiro atoms. The fourth-order valence-corrected chi connectivity index (χ4v) is 4.01. The van der Waals surface area contributed by atoms with E-state index >= 15 is 0 Å². The largest absolute Gasteiger partial charge is 0.310 e. The average molecular weight is 252 g/mol. The highest BCUT2D eigenvalue weighted by Crippen LogP contribution is 2.33. The molecule has 1 aliphatic carbocycles. The molecule has 0 amide bonds. The molecule has 3 atom stereocenters. The zero-order chi connectivity index (χ0) is 13.2. The summed E-state index contributed by atoms with van der Waals surface area (Å²) in [5.74, 6) is 1.84. The van der Waals surface area contributed by atoms with Crippen LogP contribution >= 0.6 is 0 Å². The standard InChI is InChI=1S/C16H32N2/c1-5-16(4)12-18(8-6-7-17-16)15-10-13(2)9-14(3)11-15/h13-15,17H,5-12H2,1-4H3. The maximum absolute atomic E-state index is 3.76. The van der Waals surface area contributed by atoms with Gasteiger partial charge in [0.25, 0.3) is 0 Å². The van der Waals surface area contributed by atoms with Crippen LogP contribution in [-0.4, -0.2) is 36.1 Å². The van der Waals surface area contributed by atoms with Gasteiger partial charge in [0.05, 0.1) is 0 Å². The van der Waals surface area contributed by atoms with Crippen LogP contribution in [0.25, 0.3) is 0 Å². The molecule has 2 fully saturated rings. The Morgan fingerprint density at radius 1 is 1.17 bits per heavy atom. The van der Waals surface area contributed by atoms with E-state index in [2.05, 4.69) is 37.9 Å². The van der Waals surface area contributed by atoms with Crippen LogP contribution in [-0.2, 0) is 0 Å². The summed E-state index contributed by atoms with van der Waals surface area (Å²) in [6, 6.07) is 0.842. The van der Waals surface area contributed by atoms with E-state index in [0.717, 1.165) is 17.9 Å². The number of nitrogens with one attached hydrogen (secondary N) is 1. The Balaban J connectivity index is 2.01. The van der Waals surface area contributed by atoms with E-state index in [-0.39, 0.29) is 0 Å². The van der Waals surface area contributed by atoms with Crippen molar-refractivity contribution in [3.8, 4) is 0 Å². The Bertz CT molecular complexity index is 256. The predicted molar refractivity (Wildman–Crippen MR) is 78.9 cm³/mol. The van der Waals surface area contributed by atoms with Crippen LogP contribution in [0.3, 0.4) is 0 Å². The van der Waals surface area contributed by atoms with Gasteiger partial charge in [-0.3, -0.25) is 4.90 Å². The van der Waals surface area contributed by atoms with Gasteiger partial charge in [-0.15, -0.1) is 0 Å². The number of nitrogens with zero attached hydrogens (tertiary/aromatic N) is 1. The van der Waals surface area contributed by atoms with Crippen LogP contribution in [0.5, 0.6) is 0 Å². The van der Waals surface area contributed by atoms with Crippen LogP contribution < -0.4 is 5.32 Å². The van der Waals surface area contributed by atoms with Crippen LogP contribution in [0.15, 0.2) is 0 Å². The normalized spacial score (nSPS) is 43.7. The SMILES string of the molecule is CCC1(C)CN(C2CC(C)CC(C)C2)CCCN1. The van der Waals surface area contributed by atoms with E-state index in [1.165, 1.54) is 51.7 Å². The van der Waals surface area contributed by atoms with Crippen molar-refractivity contribution in [3.63, 3.8) is 0 Å². The monoisotopic (exact) mass is 252 g/mol. The Hall–Kier alpha value is -0.0800. The summed E-state index contributed by atoms with van der Waals surface area (Å²) in [4.78, 5) is 2.80. The molecule has 106 valence electrons. The molecule has 2 heteroatoms. The van der Waals surface area contributed by atoms with Gasteiger partial charge < -0.3 is 5.32 Å². The molecule has 2 rings (SSSR count). The third kappa shape index (κ3) is 3.48. The van der Waals surface area contributed by atoms with Gasteiger partial charge in [-0.05, 0) is 64.0 Å². The summed E-state index contributed by atoms with van der Waals surface area (Å²) in [6.45, 7) is 13.3. The second-order valence-electron chi connectivity index (χ2n) is 7.24. The summed E-state index contributed by atoms with van der Waals surface area (Å²) in [5, 5.41) is 3.76. The molecule has 0 aromatic rings. The van der Waals surface area contributed by atoms with E-state index < -0.39 is 0 Å². The quantitative estimate of drug-likeness (QED) is 0.811. The summed E-state index contributed by atoms with van der Waals surface area (Å²) >= 11 is 0. The third-order valence-electron chi connectivity index (χ3n) is 5.18. The average Bonchev–Trinajstić information content (AvgIpc) is 2.51. The minimum absolute atomic E-state index is 0.334. The fraction of sp³-hybridized carbons (Fsp3) is 1.00. The summed E-state index contributed by atoms with van der Waals surface area (Å²) < 4.78 is 0. The molecular weight excluding hydrogens is 220 g/mol. The van der Waals surface area contributed by atoms with Gasteiger partial charge in [0.15, 0.2) is 0 Å². The van der Waals surface area contributed by atoms with Gasteiger partial charge in [0, 0.05) is 18.1 Å². The summed E-state index contributed by atoms with van der Waals surface area (Å²) in [6.07, 6.45) is 6.83. The molecule has 1 N–H and O–H groups in total. The molecule has 1 heterocycles. The van der Waals surface area contributed by atoms with Crippen molar-refractivity contribution in [1.29, 1.82) is 0 Å². The molecule has 0 bridgehead atoms. The molecule has 1 aliphatic heterocycles. The van der Waals surface area contributed by atoms with Crippen molar-refractivity contribution in [2.45, 2.75) is 71.4 Å². The lowest BCUT2D eigenvalue weighted by molar-refractivity contribution is 0.0923. The zero-order valence-corrected chi connectivity index (χ0v) is 12.8. The van der Waals surface area contributed by atoms with Crippen molar-refractivity contribution in [2.24, 2.45) is 11.8 Å². The van der Waals surface area contributed by atoms with Crippen LogP contribution in [0.1, 0.15) is 59.8 Å². The Kier molecular flexibility index (Phi) is 4.71. The third-order valence-corrected chi connectivity index (χ3v) is 5.18. The Labute approximate surface area is 114 Å². The smallest absolute Gasteiger partial charge is 0.0277 e. The van der Waals surface area contributed by atoms with E-state index in [0.29, 0.717) is 5.54 Å². The van der Waals surface area contributed by atoms with Gasteiger partial charge >= 0.3 is 0 Å². The second-order valence-corrected chi connectivity index (χ2v) is 7.24. The fourth-order valence-electron chi connectivity index (χ4n) is 4.01. The highest BCUT2D eigenvalue weighted by molar-refractivity contribution is 4.92. The highest BCUT2D eigenvalue weighted by Gasteiger charge is 2.33. The second kappa shape index (κ2) is 5.92. The van der Waals surface area contributed by atoms with Crippen LogP contribution in [0, 0.1) is 11.8 Å². The lowest BCUT2D eigenvalue weighted by Gasteiger charge is -2.42. The van der Waals surface area contributed by atoms with E-state index in [9.17, 15) is 0 Å². The molecule has 3 unspecified atom stereocenters. The first-order chi connectivity index (χ1) is 8.52. The minimum atomic E-state index is 0.334. The van der Waals surface area contributed by atoms with Gasteiger partial charge in [-0.25, -0.2) is 0 Å². The van der Waals surface area contributed by atoms with E-state index in [1.807, 2.05) is 0 Å². The minimum Gasteiger partial charge on any atom is -0.310 e. The zero-order valence-electron chi connectivity index (χ0n) is 12.8. The predicted octanol–water partition coefficient (Wildman–Crippen LogP) is 3.28. The molecule has 0 aromatic heterocycles. The maximum Gasteiger partial charge on any atom is 0.0277 e. The lowest BCUT2D eigenvalue weighted by Crippen LogP contribution is -2.52. The Morgan fingerprint density at radius 3 is 2.44 bits per heavy atom. The van der Waals surface area contributed by atoms with Crippen LogP contribution in [0.2, 0.25) is 0 Å². The first-order valence-corrected chi connectivity index (χ1v) is 8.01. The van der Waals surface area contributed by atoms with Gasteiger partial charge in [-0.1, -0.05) is 20.8 Å². The molecular formula is C16H32N2. The lowest BCUT2D eigenvalue weighted by atomic mass is 9.79.